The number of thiophene rings is 1. The number of ether oxygens (including phenoxy) is 1. The van der Waals surface area contributed by atoms with Crippen LogP contribution in [0.25, 0.3) is 10.4 Å². The standard InChI is InChI=1S/C19H20N2O3S/c1-20-18(22)12-6-8-21(9-7-12)19(23)16-10-13-11-24-15-5-3-2-4-14(15)17(13)25-16/h2-5,10,12H,6-9,11H2,1H3,(H,20,22). The van der Waals surface area contributed by atoms with E-state index in [1.807, 2.05) is 35.2 Å². The number of nitrogens with zero attached hydrogens (tertiary/aromatic N) is 1. The number of nitrogens with one attached hydrogen (secondary N) is 1. The predicted molar refractivity (Wildman–Crippen MR) is 96.8 cm³/mol. The maximum absolute atomic E-state index is 12.9. The molecule has 2 amide bonds. The van der Waals surface area contributed by atoms with Gasteiger partial charge in [0.1, 0.15) is 12.4 Å². The van der Waals surface area contributed by atoms with Crippen LogP contribution in [0.3, 0.4) is 0 Å². The quantitative estimate of drug-likeness (QED) is 0.900. The van der Waals surface area contributed by atoms with Crippen molar-refractivity contribution in [1.29, 1.82) is 0 Å². The van der Waals surface area contributed by atoms with Crippen LogP contribution >= 0.6 is 11.3 Å². The Bertz CT molecular complexity index is 822. The van der Waals surface area contributed by atoms with Crippen LogP contribution in [0.2, 0.25) is 0 Å². The zero-order valence-electron chi connectivity index (χ0n) is 14.1. The van der Waals surface area contributed by atoms with Gasteiger partial charge in [0.05, 0.1) is 4.88 Å². The molecule has 130 valence electrons. The fourth-order valence-electron chi connectivity index (χ4n) is 3.51. The summed E-state index contributed by atoms with van der Waals surface area (Å²) in [5.74, 6) is 1.03. The molecule has 0 spiro atoms. The molecule has 0 radical (unpaired) electrons. The van der Waals surface area contributed by atoms with Crippen LogP contribution in [0.4, 0.5) is 0 Å². The summed E-state index contributed by atoms with van der Waals surface area (Å²) in [7, 11) is 1.66. The lowest BCUT2D eigenvalue weighted by atomic mass is 9.96. The highest BCUT2D eigenvalue weighted by molar-refractivity contribution is 7.17. The maximum Gasteiger partial charge on any atom is 0.263 e. The van der Waals surface area contributed by atoms with Gasteiger partial charge < -0.3 is 15.0 Å². The molecular formula is C19H20N2O3S. The van der Waals surface area contributed by atoms with Crippen molar-refractivity contribution in [2.75, 3.05) is 20.1 Å². The Morgan fingerprint density at radius 3 is 2.76 bits per heavy atom. The fraction of sp³-hybridized carbons (Fsp3) is 0.368. The Morgan fingerprint density at radius 1 is 1.24 bits per heavy atom. The summed E-state index contributed by atoms with van der Waals surface area (Å²) in [5.41, 5.74) is 2.14. The summed E-state index contributed by atoms with van der Waals surface area (Å²) in [6, 6.07) is 9.90. The average Bonchev–Trinajstić information content (AvgIpc) is 3.11. The van der Waals surface area contributed by atoms with E-state index >= 15 is 0 Å². The highest BCUT2D eigenvalue weighted by Crippen LogP contribution is 2.42. The van der Waals surface area contributed by atoms with Gasteiger partial charge in [0.25, 0.3) is 5.91 Å². The molecule has 2 aliphatic rings. The first-order valence-corrected chi connectivity index (χ1v) is 9.35. The van der Waals surface area contributed by atoms with Gasteiger partial charge in [0.15, 0.2) is 0 Å². The summed E-state index contributed by atoms with van der Waals surface area (Å²) >= 11 is 1.54. The van der Waals surface area contributed by atoms with E-state index in [0.29, 0.717) is 19.7 Å². The van der Waals surface area contributed by atoms with Gasteiger partial charge in [-0.15, -0.1) is 11.3 Å². The Hall–Kier alpha value is -2.34. The van der Waals surface area contributed by atoms with E-state index in [2.05, 4.69) is 5.32 Å². The molecule has 25 heavy (non-hydrogen) atoms. The van der Waals surface area contributed by atoms with E-state index in [1.54, 1.807) is 18.4 Å². The molecule has 1 aromatic carbocycles. The molecule has 2 aliphatic heterocycles. The second-order valence-electron chi connectivity index (χ2n) is 6.43. The first kappa shape index (κ1) is 16.1. The van der Waals surface area contributed by atoms with Gasteiger partial charge in [-0.25, -0.2) is 0 Å². The molecule has 0 unspecified atom stereocenters. The number of amides is 2. The van der Waals surface area contributed by atoms with Crippen LogP contribution in [0.5, 0.6) is 5.75 Å². The number of hydrogen-bond acceptors (Lipinski definition) is 4. The lowest BCUT2D eigenvalue weighted by Crippen LogP contribution is -2.42. The van der Waals surface area contributed by atoms with Crippen molar-refractivity contribution in [2.45, 2.75) is 19.4 Å². The van der Waals surface area contributed by atoms with Gasteiger partial charge in [-0.05, 0) is 31.0 Å². The van der Waals surface area contributed by atoms with Gasteiger partial charge >= 0.3 is 0 Å². The van der Waals surface area contributed by atoms with Crippen LogP contribution in [-0.4, -0.2) is 36.9 Å². The first-order valence-electron chi connectivity index (χ1n) is 8.53. The monoisotopic (exact) mass is 356 g/mol. The van der Waals surface area contributed by atoms with Gasteiger partial charge in [-0.2, -0.15) is 0 Å². The van der Waals surface area contributed by atoms with E-state index < -0.39 is 0 Å². The van der Waals surface area contributed by atoms with Crippen molar-refractivity contribution in [1.82, 2.24) is 10.2 Å². The predicted octanol–water partition coefficient (Wildman–Crippen LogP) is 2.91. The molecule has 5 nitrogen and oxygen atoms in total. The Morgan fingerprint density at radius 2 is 2.00 bits per heavy atom. The number of carbonyl (C=O) groups excluding carboxylic acids is 2. The molecule has 6 heteroatoms. The number of likely N-dealkylation sites (tertiary alicyclic amines) is 1. The third kappa shape index (κ3) is 2.91. The Kier molecular flexibility index (Phi) is 4.21. The van der Waals surface area contributed by atoms with Gasteiger partial charge in [0, 0.05) is 42.1 Å². The molecule has 2 aromatic rings. The normalized spacial score (nSPS) is 16.6. The summed E-state index contributed by atoms with van der Waals surface area (Å²) in [5, 5.41) is 2.70. The van der Waals surface area contributed by atoms with E-state index in [0.717, 1.165) is 39.5 Å². The molecule has 3 heterocycles. The Labute approximate surface area is 150 Å². The zero-order valence-corrected chi connectivity index (χ0v) is 14.9. The molecule has 0 saturated carbocycles. The van der Waals surface area contributed by atoms with Crippen molar-refractivity contribution in [3.8, 4) is 16.2 Å². The number of para-hydroxylation sites is 1. The second kappa shape index (κ2) is 6.52. The highest BCUT2D eigenvalue weighted by atomic mass is 32.1. The maximum atomic E-state index is 12.9. The molecule has 0 aliphatic carbocycles. The topological polar surface area (TPSA) is 58.6 Å². The third-order valence-electron chi connectivity index (χ3n) is 4.93. The minimum Gasteiger partial charge on any atom is -0.488 e. The fourth-order valence-corrected chi connectivity index (χ4v) is 4.67. The Balaban J connectivity index is 1.52. The average molecular weight is 356 g/mol. The second-order valence-corrected chi connectivity index (χ2v) is 7.48. The number of carbonyl (C=O) groups is 2. The molecule has 4 rings (SSSR count). The van der Waals surface area contributed by atoms with Gasteiger partial charge in [0.2, 0.25) is 5.91 Å². The van der Waals surface area contributed by atoms with E-state index in [1.165, 1.54) is 0 Å². The van der Waals surface area contributed by atoms with Crippen molar-refractivity contribution >= 4 is 23.2 Å². The van der Waals surface area contributed by atoms with Crippen molar-refractivity contribution in [3.63, 3.8) is 0 Å². The lowest BCUT2D eigenvalue weighted by molar-refractivity contribution is -0.125. The molecule has 1 N–H and O–H groups in total. The summed E-state index contributed by atoms with van der Waals surface area (Å²) in [4.78, 5) is 28.4. The number of hydrogen-bond donors (Lipinski definition) is 1. The van der Waals surface area contributed by atoms with Gasteiger partial charge in [-0.3, -0.25) is 9.59 Å². The van der Waals surface area contributed by atoms with Crippen LogP contribution in [0, 0.1) is 5.92 Å². The molecular weight excluding hydrogens is 336 g/mol. The van der Waals surface area contributed by atoms with Crippen LogP contribution in [-0.2, 0) is 11.4 Å². The minimum atomic E-state index is 0.0193. The molecule has 0 bridgehead atoms. The molecule has 1 saturated heterocycles. The first-order chi connectivity index (χ1) is 12.2. The molecule has 0 atom stereocenters. The number of rotatable bonds is 2. The largest absolute Gasteiger partial charge is 0.488 e. The highest BCUT2D eigenvalue weighted by Gasteiger charge is 2.29. The number of piperidine rings is 1. The lowest BCUT2D eigenvalue weighted by Gasteiger charge is -2.30. The van der Waals surface area contributed by atoms with Crippen molar-refractivity contribution < 1.29 is 14.3 Å². The van der Waals surface area contributed by atoms with Crippen LogP contribution in [0.1, 0.15) is 28.1 Å². The number of benzene rings is 1. The SMILES string of the molecule is CNC(=O)C1CCN(C(=O)c2cc3c(s2)-c2ccccc2OC3)CC1. The van der Waals surface area contributed by atoms with Crippen LogP contribution in [0.15, 0.2) is 30.3 Å². The summed E-state index contributed by atoms with van der Waals surface area (Å²) in [6.45, 7) is 1.77. The summed E-state index contributed by atoms with van der Waals surface area (Å²) < 4.78 is 5.78. The summed E-state index contributed by atoms with van der Waals surface area (Å²) in [6.07, 6.45) is 1.45. The zero-order chi connectivity index (χ0) is 17.4. The molecule has 1 fully saturated rings. The van der Waals surface area contributed by atoms with Crippen LogP contribution < -0.4 is 10.1 Å². The minimum absolute atomic E-state index is 0.0193. The molecule has 1 aromatic heterocycles. The van der Waals surface area contributed by atoms with E-state index in [4.69, 9.17) is 4.74 Å². The van der Waals surface area contributed by atoms with Gasteiger partial charge in [-0.1, -0.05) is 12.1 Å². The number of fused-ring (bicyclic) bond motifs is 3. The van der Waals surface area contributed by atoms with Crippen molar-refractivity contribution in [3.05, 3.63) is 40.8 Å². The van der Waals surface area contributed by atoms with E-state index in [9.17, 15) is 9.59 Å². The van der Waals surface area contributed by atoms with E-state index in [-0.39, 0.29) is 17.7 Å². The smallest absolute Gasteiger partial charge is 0.263 e. The third-order valence-corrected chi connectivity index (χ3v) is 6.13. The van der Waals surface area contributed by atoms with Crippen molar-refractivity contribution in [2.24, 2.45) is 5.92 Å².